The van der Waals surface area contributed by atoms with E-state index in [1.165, 1.54) is 5.56 Å². The van der Waals surface area contributed by atoms with Crippen LogP contribution in [-0.2, 0) is 13.0 Å². The van der Waals surface area contributed by atoms with Gasteiger partial charge < -0.3 is 10.1 Å². The highest BCUT2D eigenvalue weighted by atomic mass is 16.5. The molecule has 0 heterocycles. The van der Waals surface area contributed by atoms with E-state index in [9.17, 15) is 4.79 Å². The molecule has 0 aromatic heterocycles. The van der Waals surface area contributed by atoms with Crippen molar-refractivity contribution in [3.63, 3.8) is 0 Å². The average molecular weight is 297 g/mol. The van der Waals surface area contributed by atoms with Crippen LogP contribution in [0, 0.1) is 5.92 Å². The molecular formula is C19H23NO2. The minimum Gasteiger partial charge on any atom is -0.497 e. The number of carbonyl (C=O) groups is 1. The molecule has 3 heteroatoms. The molecule has 0 fully saturated rings. The first-order valence-corrected chi connectivity index (χ1v) is 7.58. The standard InChI is InChI=1S/C19H23NO2/c1-14(2)12-15-4-8-17(9-5-15)19(21)20-13-16-6-10-18(22-3)11-7-16/h4-11,14H,12-13H2,1-3H3,(H,20,21). The number of hydrogen-bond donors (Lipinski definition) is 1. The van der Waals surface area contributed by atoms with Crippen molar-refractivity contribution < 1.29 is 9.53 Å². The molecule has 22 heavy (non-hydrogen) atoms. The van der Waals surface area contributed by atoms with E-state index in [-0.39, 0.29) is 5.91 Å². The van der Waals surface area contributed by atoms with Crippen LogP contribution in [0.25, 0.3) is 0 Å². The summed E-state index contributed by atoms with van der Waals surface area (Å²) < 4.78 is 5.12. The number of amides is 1. The number of benzene rings is 2. The minimum absolute atomic E-state index is 0.0492. The van der Waals surface area contributed by atoms with Crippen molar-refractivity contribution in [3.8, 4) is 5.75 Å². The van der Waals surface area contributed by atoms with Crippen LogP contribution in [0.2, 0.25) is 0 Å². The second-order valence-corrected chi connectivity index (χ2v) is 5.83. The SMILES string of the molecule is COc1ccc(CNC(=O)c2ccc(CC(C)C)cc2)cc1. The van der Waals surface area contributed by atoms with Gasteiger partial charge in [0, 0.05) is 12.1 Å². The smallest absolute Gasteiger partial charge is 0.251 e. The van der Waals surface area contributed by atoms with Gasteiger partial charge in [-0.05, 0) is 47.7 Å². The first-order valence-electron chi connectivity index (χ1n) is 7.58. The van der Waals surface area contributed by atoms with Gasteiger partial charge in [-0.1, -0.05) is 38.1 Å². The zero-order valence-corrected chi connectivity index (χ0v) is 13.4. The fourth-order valence-electron chi connectivity index (χ4n) is 2.29. The van der Waals surface area contributed by atoms with Gasteiger partial charge in [0.1, 0.15) is 5.75 Å². The molecular weight excluding hydrogens is 274 g/mol. The van der Waals surface area contributed by atoms with Gasteiger partial charge in [0.15, 0.2) is 0 Å². The van der Waals surface area contributed by atoms with Crippen LogP contribution in [0.3, 0.4) is 0 Å². The third kappa shape index (κ3) is 4.62. The van der Waals surface area contributed by atoms with Crippen molar-refractivity contribution in [2.24, 2.45) is 5.92 Å². The summed E-state index contributed by atoms with van der Waals surface area (Å²) >= 11 is 0. The quantitative estimate of drug-likeness (QED) is 0.880. The minimum atomic E-state index is -0.0492. The van der Waals surface area contributed by atoms with Crippen LogP contribution < -0.4 is 10.1 Å². The van der Waals surface area contributed by atoms with Crippen LogP contribution in [0.5, 0.6) is 5.75 Å². The molecule has 1 N–H and O–H groups in total. The maximum Gasteiger partial charge on any atom is 0.251 e. The van der Waals surface area contributed by atoms with Gasteiger partial charge in [-0.2, -0.15) is 0 Å². The molecule has 2 rings (SSSR count). The normalized spacial score (nSPS) is 10.5. The highest BCUT2D eigenvalue weighted by molar-refractivity contribution is 5.94. The maximum absolute atomic E-state index is 12.1. The second-order valence-electron chi connectivity index (χ2n) is 5.83. The van der Waals surface area contributed by atoms with Crippen LogP contribution >= 0.6 is 0 Å². The molecule has 0 atom stereocenters. The molecule has 0 aliphatic heterocycles. The Bertz CT molecular complexity index is 600. The fourth-order valence-corrected chi connectivity index (χ4v) is 2.29. The molecule has 0 bridgehead atoms. The number of methoxy groups -OCH3 is 1. The first-order chi connectivity index (χ1) is 10.6. The Kier molecular flexibility index (Phi) is 5.59. The second kappa shape index (κ2) is 7.64. The number of rotatable bonds is 6. The largest absolute Gasteiger partial charge is 0.497 e. The van der Waals surface area contributed by atoms with Crippen molar-refractivity contribution in [1.82, 2.24) is 5.32 Å². The number of nitrogens with one attached hydrogen (secondary N) is 1. The highest BCUT2D eigenvalue weighted by Crippen LogP contribution is 2.12. The molecule has 0 spiro atoms. The Labute approximate surface area is 132 Å². The van der Waals surface area contributed by atoms with E-state index < -0.39 is 0 Å². The molecule has 3 nitrogen and oxygen atoms in total. The lowest BCUT2D eigenvalue weighted by atomic mass is 10.0. The van der Waals surface area contributed by atoms with Crippen LogP contribution in [0.1, 0.15) is 35.3 Å². The topological polar surface area (TPSA) is 38.3 Å². The van der Waals surface area contributed by atoms with E-state index in [2.05, 4.69) is 19.2 Å². The van der Waals surface area contributed by atoms with E-state index >= 15 is 0 Å². The van der Waals surface area contributed by atoms with Crippen molar-refractivity contribution in [2.75, 3.05) is 7.11 Å². The molecule has 116 valence electrons. The summed E-state index contributed by atoms with van der Waals surface area (Å²) in [5.41, 5.74) is 3.01. The first kappa shape index (κ1) is 16.1. The van der Waals surface area contributed by atoms with E-state index in [1.807, 2.05) is 48.5 Å². The third-order valence-corrected chi connectivity index (χ3v) is 3.47. The summed E-state index contributed by atoms with van der Waals surface area (Å²) in [5.74, 6) is 1.39. The zero-order valence-electron chi connectivity index (χ0n) is 13.4. The van der Waals surface area contributed by atoms with Gasteiger partial charge in [0.05, 0.1) is 7.11 Å². The van der Waals surface area contributed by atoms with E-state index in [0.717, 1.165) is 17.7 Å². The molecule has 2 aromatic rings. The maximum atomic E-state index is 12.1. The molecule has 1 amide bonds. The lowest BCUT2D eigenvalue weighted by Crippen LogP contribution is -2.22. The van der Waals surface area contributed by atoms with E-state index in [1.54, 1.807) is 7.11 Å². The number of ether oxygens (including phenoxy) is 1. The third-order valence-electron chi connectivity index (χ3n) is 3.47. The molecule has 2 aromatic carbocycles. The number of hydrogen-bond acceptors (Lipinski definition) is 2. The fraction of sp³-hybridized carbons (Fsp3) is 0.316. The zero-order chi connectivity index (χ0) is 15.9. The Morgan fingerprint density at radius 3 is 2.14 bits per heavy atom. The molecule has 0 radical (unpaired) electrons. The van der Waals surface area contributed by atoms with Crippen molar-refractivity contribution in [2.45, 2.75) is 26.8 Å². The molecule has 0 saturated carbocycles. The van der Waals surface area contributed by atoms with Crippen molar-refractivity contribution in [1.29, 1.82) is 0 Å². The Morgan fingerprint density at radius 1 is 1.00 bits per heavy atom. The van der Waals surface area contributed by atoms with Gasteiger partial charge >= 0.3 is 0 Å². The number of carbonyl (C=O) groups excluding carboxylic acids is 1. The predicted octanol–water partition coefficient (Wildman–Crippen LogP) is 3.82. The summed E-state index contributed by atoms with van der Waals surface area (Å²) in [7, 11) is 1.64. The monoisotopic (exact) mass is 297 g/mol. The van der Waals surface area contributed by atoms with Gasteiger partial charge in [0.2, 0.25) is 0 Å². The van der Waals surface area contributed by atoms with Gasteiger partial charge in [0.25, 0.3) is 5.91 Å². The van der Waals surface area contributed by atoms with Gasteiger partial charge in [-0.15, -0.1) is 0 Å². The summed E-state index contributed by atoms with van der Waals surface area (Å²) in [6, 6.07) is 15.5. The van der Waals surface area contributed by atoms with Gasteiger partial charge in [-0.3, -0.25) is 4.79 Å². The highest BCUT2D eigenvalue weighted by Gasteiger charge is 2.06. The summed E-state index contributed by atoms with van der Waals surface area (Å²) in [6.07, 6.45) is 1.04. The Hall–Kier alpha value is -2.29. The molecule has 0 aliphatic rings. The molecule has 0 saturated heterocycles. The van der Waals surface area contributed by atoms with E-state index in [0.29, 0.717) is 18.0 Å². The summed E-state index contributed by atoms with van der Waals surface area (Å²) in [6.45, 7) is 4.89. The molecule has 0 aliphatic carbocycles. The Balaban J connectivity index is 1.91. The van der Waals surface area contributed by atoms with Crippen LogP contribution in [0.4, 0.5) is 0 Å². The van der Waals surface area contributed by atoms with Gasteiger partial charge in [-0.25, -0.2) is 0 Å². The van der Waals surface area contributed by atoms with Crippen molar-refractivity contribution >= 4 is 5.91 Å². The average Bonchev–Trinajstić information content (AvgIpc) is 2.53. The van der Waals surface area contributed by atoms with E-state index in [4.69, 9.17) is 4.74 Å². The lowest BCUT2D eigenvalue weighted by molar-refractivity contribution is 0.0951. The summed E-state index contributed by atoms with van der Waals surface area (Å²) in [4.78, 5) is 12.1. The predicted molar refractivity (Wildman–Crippen MR) is 89.1 cm³/mol. The molecule has 0 unspecified atom stereocenters. The van der Waals surface area contributed by atoms with Crippen LogP contribution in [-0.4, -0.2) is 13.0 Å². The van der Waals surface area contributed by atoms with Crippen molar-refractivity contribution in [3.05, 3.63) is 65.2 Å². The lowest BCUT2D eigenvalue weighted by Gasteiger charge is -2.08. The Morgan fingerprint density at radius 2 is 1.59 bits per heavy atom. The summed E-state index contributed by atoms with van der Waals surface area (Å²) in [5, 5.41) is 2.93. The van der Waals surface area contributed by atoms with Crippen LogP contribution in [0.15, 0.2) is 48.5 Å².